The average molecular weight is 492 g/mol. The molecule has 7 heteroatoms. The van der Waals surface area contributed by atoms with E-state index in [2.05, 4.69) is 23.1 Å². The van der Waals surface area contributed by atoms with Crippen molar-refractivity contribution in [3.8, 4) is 5.75 Å². The fraction of sp³-hybridized carbons (Fsp3) is 0.500. The predicted molar refractivity (Wildman–Crippen MR) is 136 cm³/mol. The number of nitrogens with two attached hydrogens (primary N) is 1. The smallest absolute Gasteiger partial charge is 0.236 e. The van der Waals surface area contributed by atoms with Gasteiger partial charge < -0.3 is 15.4 Å². The van der Waals surface area contributed by atoms with Crippen LogP contribution in [-0.2, 0) is 4.79 Å². The van der Waals surface area contributed by atoms with Gasteiger partial charge in [-0.05, 0) is 80.9 Å². The molecule has 2 N–H and O–H groups in total. The zero-order valence-corrected chi connectivity index (χ0v) is 21.0. The number of ether oxygens (including phenoxy) is 1. The lowest BCUT2D eigenvalue weighted by Crippen LogP contribution is -2.41. The van der Waals surface area contributed by atoms with Crippen LogP contribution in [0.4, 0.5) is 0 Å². The lowest BCUT2D eigenvalue weighted by atomic mass is 9.89. The van der Waals surface area contributed by atoms with Gasteiger partial charge in [0.2, 0.25) is 5.91 Å². The van der Waals surface area contributed by atoms with E-state index in [1.807, 2.05) is 30.0 Å². The van der Waals surface area contributed by atoms with E-state index in [0.717, 1.165) is 55.4 Å². The second-order valence-corrected chi connectivity index (χ2v) is 9.53. The fourth-order valence-corrected chi connectivity index (χ4v) is 4.78. The highest BCUT2D eigenvalue weighted by Crippen LogP contribution is 2.34. The van der Waals surface area contributed by atoms with Crippen LogP contribution < -0.4 is 10.5 Å². The van der Waals surface area contributed by atoms with E-state index >= 15 is 0 Å². The summed E-state index contributed by atoms with van der Waals surface area (Å²) in [5.74, 6) is 1.54. The summed E-state index contributed by atoms with van der Waals surface area (Å²) in [5.41, 5.74) is 7.81. The first-order valence-electron chi connectivity index (χ1n) is 11.8. The van der Waals surface area contributed by atoms with Crippen LogP contribution in [0.2, 0.25) is 10.0 Å². The molecule has 2 heterocycles. The van der Waals surface area contributed by atoms with E-state index in [-0.39, 0.29) is 12.5 Å². The predicted octanol–water partition coefficient (Wildman–Crippen LogP) is 5.13. The van der Waals surface area contributed by atoms with Crippen molar-refractivity contribution in [1.29, 1.82) is 0 Å². The Labute approximate surface area is 207 Å². The molecule has 2 aliphatic heterocycles. The average Bonchev–Trinajstić information content (AvgIpc) is 3.36. The standard InChI is InChI=1S/C19H29N3O2.C7H6Cl2/c20-15-19(23)22-11-7-16(8-12-22)17-5-1-2-6-18(17)24-14-13-21-9-3-4-10-21;1-5-2-3-6(8)4-7(5)9/h1-2,5-6,16H,3-4,7-15,20H2;2-4H,1H3. The Morgan fingerprint density at radius 3 is 2.39 bits per heavy atom. The van der Waals surface area contributed by atoms with Crippen molar-refractivity contribution in [3.05, 3.63) is 63.6 Å². The van der Waals surface area contributed by atoms with Crippen LogP contribution in [0, 0.1) is 6.92 Å². The number of para-hydroxylation sites is 1. The van der Waals surface area contributed by atoms with Crippen molar-refractivity contribution in [1.82, 2.24) is 9.80 Å². The van der Waals surface area contributed by atoms with Gasteiger partial charge >= 0.3 is 0 Å². The molecule has 2 saturated heterocycles. The Morgan fingerprint density at radius 1 is 1.06 bits per heavy atom. The van der Waals surface area contributed by atoms with Crippen molar-refractivity contribution >= 4 is 29.1 Å². The van der Waals surface area contributed by atoms with Crippen LogP contribution in [0.15, 0.2) is 42.5 Å². The molecule has 0 radical (unpaired) electrons. The molecule has 2 aliphatic rings. The first-order chi connectivity index (χ1) is 16.0. The van der Waals surface area contributed by atoms with Crippen LogP contribution in [0.3, 0.4) is 0 Å². The van der Waals surface area contributed by atoms with Gasteiger partial charge in [-0.3, -0.25) is 9.69 Å². The highest BCUT2D eigenvalue weighted by molar-refractivity contribution is 6.35. The van der Waals surface area contributed by atoms with Gasteiger partial charge in [-0.1, -0.05) is 47.5 Å². The normalized spacial score (nSPS) is 16.9. The van der Waals surface area contributed by atoms with Crippen molar-refractivity contribution in [2.75, 3.05) is 45.9 Å². The first kappa shape index (κ1) is 25.8. The van der Waals surface area contributed by atoms with Gasteiger partial charge in [0.25, 0.3) is 0 Å². The number of hydrogen-bond acceptors (Lipinski definition) is 4. The number of halogens is 2. The molecular formula is C26H35Cl2N3O2. The SMILES string of the molecule is Cc1ccc(Cl)cc1Cl.NCC(=O)N1CCC(c2ccccc2OCCN2CCCC2)CC1. The maximum atomic E-state index is 11.7. The van der Waals surface area contributed by atoms with Gasteiger partial charge in [0.05, 0.1) is 6.54 Å². The van der Waals surface area contributed by atoms with E-state index < -0.39 is 0 Å². The lowest BCUT2D eigenvalue weighted by molar-refractivity contribution is -0.130. The third-order valence-electron chi connectivity index (χ3n) is 6.38. The molecular weight excluding hydrogens is 457 g/mol. The van der Waals surface area contributed by atoms with Gasteiger partial charge in [-0.15, -0.1) is 0 Å². The van der Waals surface area contributed by atoms with Crippen molar-refractivity contribution in [3.63, 3.8) is 0 Å². The van der Waals surface area contributed by atoms with Gasteiger partial charge in [0.1, 0.15) is 12.4 Å². The number of aryl methyl sites for hydroxylation is 1. The number of rotatable bonds is 6. The van der Waals surface area contributed by atoms with E-state index in [4.69, 9.17) is 33.7 Å². The van der Waals surface area contributed by atoms with Crippen LogP contribution in [0.5, 0.6) is 5.75 Å². The molecule has 0 unspecified atom stereocenters. The van der Waals surface area contributed by atoms with Crippen molar-refractivity contribution < 1.29 is 9.53 Å². The summed E-state index contributed by atoms with van der Waals surface area (Å²) in [7, 11) is 0. The van der Waals surface area contributed by atoms with E-state index in [9.17, 15) is 4.79 Å². The van der Waals surface area contributed by atoms with Crippen molar-refractivity contribution in [2.45, 2.75) is 38.5 Å². The van der Waals surface area contributed by atoms with E-state index in [1.54, 1.807) is 6.07 Å². The summed E-state index contributed by atoms with van der Waals surface area (Å²) >= 11 is 11.4. The molecule has 0 atom stereocenters. The Hall–Kier alpha value is -1.79. The number of carbonyl (C=O) groups is 1. The number of likely N-dealkylation sites (tertiary alicyclic amines) is 2. The molecule has 5 nitrogen and oxygen atoms in total. The van der Waals surface area contributed by atoms with E-state index in [1.165, 1.54) is 31.5 Å². The summed E-state index contributed by atoms with van der Waals surface area (Å²) in [5, 5.41) is 1.41. The number of benzene rings is 2. The van der Waals surface area contributed by atoms with Gasteiger partial charge in [-0.2, -0.15) is 0 Å². The van der Waals surface area contributed by atoms with Crippen LogP contribution in [0.25, 0.3) is 0 Å². The second kappa shape index (κ2) is 13.2. The third-order valence-corrected chi connectivity index (χ3v) is 7.02. The fourth-order valence-electron chi connectivity index (χ4n) is 4.38. The van der Waals surface area contributed by atoms with Crippen LogP contribution >= 0.6 is 23.2 Å². The van der Waals surface area contributed by atoms with Crippen LogP contribution in [0.1, 0.15) is 42.7 Å². The number of nitrogens with zero attached hydrogens (tertiary/aromatic N) is 2. The minimum atomic E-state index is 0.0589. The van der Waals surface area contributed by atoms with Gasteiger partial charge in [-0.25, -0.2) is 0 Å². The number of carbonyl (C=O) groups excluding carboxylic acids is 1. The molecule has 0 aliphatic carbocycles. The van der Waals surface area contributed by atoms with Gasteiger partial charge in [0.15, 0.2) is 0 Å². The Balaban J connectivity index is 0.000000286. The largest absolute Gasteiger partial charge is 0.492 e. The molecule has 4 rings (SSSR count). The molecule has 33 heavy (non-hydrogen) atoms. The molecule has 0 spiro atoms. The minimum absolute atomic E-state index is 0.0589. The lowest BCUT2D eigenvalue weighted by Gasteiger charge is -2.32. The maximum absolute atomic E-state index is 11.7. The molecule has 2 aromatic rings. The molecule has 0 saturated carbocycles. The number of piperidine rings is 1. The number of amides is 1. The molecule has 0 bridgehead atoms. The first-order valence-corrected chi connectivity index (χ1v) is 12.6. The minimum Gasteiger partial charge on any atom is -0.492 e. The summed E-state index contributed by atoms with van der Waals surface area (Å²) < 4.78 is 6.11. The summed E-state index contributed by atoms with van der Waals surface area (Å²) in [4.78, 5) is 16.1. The second-order valence-electron chi connectivity index (χ2n) is 8.69. The molecule has 0 aromatic heterocycles. The Morgan fingerprint density at radius 2 is 1.76 bits per heavy atom. The molecule has 1 amide bonds. The van der Waals surface area contributed by atoms with E-state index in [0.29, 0.717) is 10.9 Å². The van der Waals surface area contributed by atoms with Gasteiger partial charge in [0, 0.05) is 29.7 Å². The zero-order chi connectivity index (χ0) is 23.6. The molecule has 180 valence electrons. The highest BCUT2D eigenvalue weighted by atomic mass is 35.5. The zero-order valence-electron chi connectivity index (χ0n) is 19.4. The maximum Gasteiger partial charge on any atom is 0.236 e. The summed E-state index contributed by atoms with van der Waals surface area (Å²) in [6.07, 6.45) is 4.60. The Bertz CT molecular complexity index is 895. The van der Waals surface area contributed by atoms with Crippen molar-refractivity contribution in [2.24, 2.45) is 5.73 Å². The molecule has 2 aromatic carbocycles. The Kier molecular flexibility index (Phi) is 10.3. The third kappa shape index (κ3) is 7.89. The summed E-state index contributed by atoms with van der Waals surface area (Å²) in [6.45, 7) is 7.82. The summed E-state index contributed by atoms with van der Waals surface area (Å²) in [6, 6.07) is 13.8. The monoisotopic (exact) mass is 491 g/mol. The van der Waals surface area contributed by atoms with Crippen LogP contribution in [-0.4, -0.2) is 61.6 Å². The number of hydrogen-bond donors (Lipinski definition) is 1. The quantitative estimate of drug-likeness (QED) is 0.608. The highest BCUT2D eigenvalue weighted by Gasteiger charge is 2.25. The topological polar surface area (TPSA) is 58.8 Å². The molecule has 2 fully saturated rings.